The third-order valence-corrected chi connectivity index (χ3v) is 3.49. The van der Waals surface area contributed by atoms with Crippen molar-refractivity contribution in [2.75, 3.05) is 7.05 Å². The summed E-state index contributed by atoms with van der Waals surface area (Å²) in [7, 11) is 1.96. The predicted octanol–water partition coefficient (Wildman–Crippen LogP) is 4.28. The molecule has 0 bridgehead atoms. The van der Waals surface area contributed by atoms with Crippen LogP contribution in [-0.2, 0) is 18.6 Å². The van der Waals surface area contributed by atoms with E-state index in [9.17, 15) is 0 Å². The number of hydrogen-bond acceptors (Lipinski definition) is 2. The van der Waals surface area contributed by atoms with E-state index in [1.165, 1.54) is 16.7 Å². The quantitative estimate of drug-likeness (QED) is 0.884. The number of rotatable bonds is 5. The highest BCUT2D eigenvalue weighted by atomic mass is 16.5. The first-order valence-electron chi connectivity index (χ1n) is 7.45. The van der Waals surface area contributed by atoms with E-state index in [-0.39, 0.29) is 5.41 Å². The summed E-state index contributed by atoms with van der Waals surface area (Å²) < 4.78 is 6.03. The number of benzene rings is 2. The molecule has 0 aliphatic rings. The summed E-state index contributed by atoms with van der Waals surface area (Å²) in [6, 6.07) is 16.8. The Bertz CT molecular complexity index is 567. The van der Waals surface area contributed by atoms with Crippen LogP contribution >= 0.6 is 0 Å². The van der Waals surface area contributed by atoms with Crippen molar-refractivity contribution in [1.82, 2.24) is 5.32 Å². The van der Waals surface area contributed by atoms with Crippen molar-refractivity contribution in [3.63, 3.8) is 0 Å². The lowest BCUT2D eigenvalue weighted by Crippen LogP contribution is -2.13. The highest BCUT2D eigenvalue weighted by Crippen LogP contribution is 2.31. The molecule has 0 radical (unpaired) electrons. The van der Waals surface area contributed by atoms with Gasteiger partial charge in [0.25, 0.3) is 0 Å². The molecule has 0 unspecified atom stereocenters. The second kappa shape index (κ2) is 6.77. The molecule has 21 heavy (non-hydrogen) atoms. The maximum absolute atomic E-state index is 6.03. The van der Waals surface area contributed by atoms with Crippen LogP contribution < -0.4 is 10.1 Å². The summed E-state index contributed by atoms with van der Waals surface area (Å²) >= 11 is 0. The summed E-state index contributed by atoms with van der Waals surface area (Å²) in [5.74, 6) is 0.976. The first-order chi connectivity index (χ1) is 10.0. The first kappa shape index (κ1) is 15.6. The van der Waals surface area contributed by atoms with Crippen molar-refractivity contribution in [1.29, 1.82) is 0 Å². The van der Waals surface area contributed by atoms with E-state index in [0.29, 0.717) is 6.61 Å². The van der Waals surface area contributed by atoms with Gasteiger partial charge in [0.1, 0.15) is 12.4 Å². The fraction of sp³-hybridized carbons (Fsp3) is 0.368. The molecule has 0 saturated carbocycles. The molecule has 2 heteroatoms. The molecule has 0 aliphatic carbocycles. The van der Waals surface area contributed by atoms with Crippen molar-refractivity contribution >= 4 is 0 Å². The van der Waals surface area contributed by atoms with Crippen molar-refractivity contribution in [3.8, 4) is 5.75 Å². The van der Waals surface area contributed by atoms with Crippen LogP contribution in [0.2, 0.25) is 0 Å². The van der Waals surface area contributed by atoms with Crippen LogP contribution in [0, 0.1) is 0 Å². The second-order valence-corrected chi connectivity index (χ2v) is 6.38. The maximum Gasteiger partial charge on any atom is 0.123 e. The van der Waals surface area contributed by atoms with Gasteiger partial charge in [-0.25, -0.2) is 0 Å². The molecule has 2 nitrogen and oxygen atoms in total. The summed E-state index contributed by atoms with van der Waals surface area (Å²) in [5, 5.41) is 3.15. The Hall–Kier alpha value is -1.80. The zero-order valence-corrected chi connectivity index (χ0v) is 13.4. The van der Waals surface area contributed by atoms with Gasteiger partial charge in [-0.1, -0.05) is 63.2 Å². The van der Waals surface area contributed by atoms with Gasteiger partial charge in [0.2, 0.25) is 0 Å². The fourth-order valence-electron chi connectivity index (χ4n) is 2.33. The predicted molar refractivity (Wildman–Crippen MR) is 88.7 cm³/mol. The van der Waals surface area contributed by atoms with Crippen molar-refractivity contribution < 1.29 is 4.74 Å². The normalized spacial score (nSPS) is 11.4. The molecule has 0 fully saturated rings. The van der Waals surface area contributed by atoms with E-state index in [1.54, 1.807) is 0 Å². The molecular weight excluding hydrogens is 258 g/mol. The minimum absolute atomic E-state index is 0.0905. The monoisotopic (exact) mass is 283 g/mol. The number of ether oxygens (including phenoxy) is 1. The third kappa shape index (κ3) is 4.33. The highest BCUT2D eigenvalue weighted by molar-refractivity contribution is 5.38. The zero-order chi connectivity index (χ0) is 15.3. The molecule has 0 aliphatic heterocycles. The van der Waals surface area contributed by atoms with Gasteiger partial charge in [-0.3, -0.25) is 0 Å². The Morgan fingerprint density at radius 3 is 2.14 bits per heavy atom. The topological polar surface area (TPSA) is 21.3 Å². The van der Waals surface area contributed by atoms with Gasteiger partial charge < -0.3 is 10.1 Å². The molecule has 0 spiro atoms. The molecule has 2 aromatic carbocycles. The van der Waals surface area contributed by atoms with E-state index in [1.807, 2.05) is 13.1 Å². The summed E-state index contributed by atoms with van der Waals surface area (Å²) in [6.45, 7) is 8.13. The SMILES string of the molecule is CNCc1ccc(COc2ccccc2C(C)(C)C)cc1. The van der Waals surface area contributed by atoms with Gasteiger partial charge in [-0.2, -0.15) is 0 Å². The first-order valence-corrected chi connectivity index (χ1v) is 7.45. The Kier molecular flexibility index (Phi) is 5.03. The van der Waals surface area contributed by atoms with Gasteiger partial charge >= 0.3 is 0 Å². The average molecular weight is 283 g/mol. The lowest BCUT2D eigenvalue weighted by Gasteiger charge is -2.22. The Balaban J connectivity index is 2.06. The minimum Gasteiger partial charge on any atom is -0.489 e. The highest BCUT2D eigenvalue weighted by Gasteiger charge is 2.18. The number of para-hydroxylation sites is 1. The standard InChI is InChI=1S/C19H25NO/c1-19(2,3)17-7-5-6-8-18(17)21-14-16-11-9-15(10-12-16)13-20-4/h5-12,20H,13-14H2,1-4H3. The van der Waals surface area contributed by atoms with Gasteiger partial charge in [0.15, 0.2) is 0 Å². The number of nitrogens with one attached hydrogen (secondary N) is 1. The van der Waals surface area contributed by atoms with E-state index in [4.69, 9.17) is 4.74 Å². The van der Waals surface area contributed by atoms with E-state index >= 15 is 0 Å². The summed E-state index contributed by atoms with van der Waals surface area (Å²) in [5.41, 5.74) is 3.82. The summed E-state index contributed by atoms with van der Waals surface area (Å²) in [4.78, 5) is 0. The molecule has 0 amide bonds. The van der Waals surface area contributed by atoms with Crippen molar-refractivity contribution in [2.45, 2.75) is 39.3 Å². The van der Waals surface area contributed by atoms with E-state index in [0.717, 1.165) is 12.3 Å². The Morgan fingerprint density at radius 2 is 1.52 bits per heavy atom. The fourth-order valence-corrected chi connectivity index (χ4v) is 2.33. The lowest BCUT2D eigenvalue weighted by molar-refractivity contribution is 0.297. The third-order valence-electron chi connectivity index (χ3n) is 3.49. The van der Waals surface area contributed by atoms with Crippen LogP contribution in [0.5, 0.6) is 5.75 Å². The lowest BCUT2D eigenvalue weighted by atomic mass is 9.86. The van der Waals surface area contributed by atoms with E-state index in [2.05, 4.69) is 68.6 Å². The van der Waals surface area contributed by atoms with Crippen LogP contribution in [-0.4, -0.2) is 7.05 Å². The van der Waals surface area contributed by atoms with Gasteiger partial charge in [0, 0.05) is 6.54 Å². The zero-order valence-electron chi connectivity index (χ0n) is 13.4. The smallest absolute Gasteiger partial charge is 0.123 e. The summed E-state index contributed by atoms with van der Waals surface area (Å²) in [6.07, 6.45) is 0. The van der Waals surface area contributed by atoms with Crippen LogP contribution in [0.4, 0.5) is 0 Å². The molecule has 0 heterocycles. The minimum atomic E-state index is 0.0905. The molecular formula is C19H25NO. The van der Waals surface area contributed by atoms with Gasteiger partial charge in [0.05, 0.1) is 0 Å². The van der Waals surface area contributed by atoms with Crippen molar-refractivity contribution in [2.24, 2.45) is 0 Å². The van der Waals surface area contributed by atoms with Crippen LogP contribution in [0.25, 0.3) is 0 Å². The maximum atomic E-state index is 6.03. The van der Waals surface area contributed by atoms with E-state index < -0.39 is 0 Å². The molecule has 2 rings (SSSR count). The second-order valence-electron chi connectivity index (χ2n) is 6.38. The van der Waals surface area contributed by atoms with Crippen molar-refractivity contribution in [3.05, 3.63) is 65.2 Å². The molecule has 0 saturated heterocycles. The van der Waals surface area contributed by atoms with Gasteiger partial charge in [-0.15, -0.1) is 0 Å². The van der Waals surface area contributed by atoms with Gasteiger partial charge in [-0.05, 0) is 35.2 Å². The number of hydrogen-bond donors (Lipinski definition) is 1. The molecule has 0 atom stereocenters. The Labute approximate surface area is 128 Å². The van der Waals surface area contributed by atoms with Crippen LogP contribution in [0.3, 0.4) is 0 Å². The molecule has 2 aromatic rings. The molecule has 112 valence electrons. The molecule has 1 N–H and O–H groups in total. The molecule has 0 aromatic heterocycles. The Morgan fingerprint density at radius 1 is 0.905 bits per heavy atom. The van der Waals surface area contributed by atoms with Crippen LogP contribution in [0.15, 0.2) is 48.5 Å². The average Bonchev–Trinajstić information content (AvgIpc) is 2.46. The van der Waals surface area contributed by atoms with Crippen LogP contribution in [0.1, 0.15) is 37.5 Å². The largest absolute Gasteiger partial charge is 0.489 e.